The predicted octanol–water partition coefficient (Wildman–Crippen LogP) is 16.7. The lowest BCUT2D eigenvalue weighted by atomic mass is 9.33. The largest absolute Gasteiger partial charge is 0.455 e. The van der Waals surface area contributed by atoms with Gasteiger partial charge in [-0.2, -0.15) is 0 Å². The third kappa shape index (κ3) is 7.53. The van der Waals surface area contributed by atoms with E-state index in [0.29, 0.717) is 0 Å². The number of hydrogen-bond acceptors (Lipinski definition) is 4. The number of para-hydroxylation sites is 4. The molecular formula is C66H60BN3O. The summed E-state index contributed by atoms with van der Waals surface area (Å²) in [6.45, 7) is 20.8. The maximum atomic E-state index is 6.58. The molecule has 0 N–H and O–H groups in total. The molecule has 5 heteroatoms. The van der Waals surface area contributed by atoms with E-state index in [1.807, 2.05) is 6.07 Å². The van der Waals surface area contributed by atoms with Crippen LogP contribution in [0.3, 0.4) is 0 Å². The highest BCUT2D eigenvalue weighted by Gasteiger charge is 2.45. The van der Waals surface area contributed by atoms with Gasteiger partial charge in [0.15, 0.2) is 0 Å². The molecule has 0 spiro atoms. The molecule has 0 aliphatic carbocycles. The number of rotatable bonds is 6. The van der Waals surface area contributed by atoms with E-state index in [9.17, 15) is 0 Å². The van der Waals surface area contributed by atoms with Gasteiger partial charge in [0.1, 0.15) is 11.2 Å². The van der Waals surface area contributed by atoms with Gasteiger partial charge in [-0.05, 0) is 134 Å². The topological polar surface area (TPSA) is 22.9 Å². The minimum atomic E-state index is -0.0659. The third-order valence-electron chi connectivity index (χ3n) is 14.9. The van der Waals surface area contributed by atoms with Crippen molar-refractivity contribution in [3.63, 3.8) is 0 Å². The summed E-state index contributed by atoms with van der Waals surface area (Å²) in [7, 11) is 0. The van der Waals surface area contributed by atoms with Crippen LogP contribution in [-0.2, 0) is 16.2 Å². The van der Waals surface area contributed by atoms with Crippen molar-refractivity contribution in [2.45, 2.75) is 78.6 Å². The molecule has 0 atom stereocenters. The van der Waals surface area contributed by atoms with Crippen LogP contribution in [0.1, 0.15) is 79.0 Å². The van der Waals surface area contributed by atoms with E-state index in [1.54, 1.807) is 0 Å². The molecule has 0 saturated heterocycles. The normalized spacial score (nSPS) is 13.3. The fourth-order valence-electron chi connectivity index (χ4n) is 11.1. The van der Waals surface area contributed by atoms with Gasteiger partial charge in [-0.1, -0.05) is 184 Å². The lowest BCUT2D eigenvalue weighted by molar-refractivity contribution is 0.590. The van der Waals surface area contributed by atoms with Gasteiger partial charge in [0, 0.05) is 61.8 Å². The molecule has 3 heterocycles. The van der Waals surface area contributed by atoms with Crippen molar-refractivity contribution in [3.05, 3.63) is 217 Å². The second-order valence-electron chi connectivity index (χ2n) is 22.7. The zero-order chi connectivity index (χ0) is 49.0. The maximum Gasteiger partial charge on any atom is 0.252 e. The van der Waals surface area contributed by atoms with Crippen LogP contribution in [0.5, 0.6) is 0 Å². The summed E-state index contributed by atoms with van der Waals surface area (Å²) in [4.78, 5) is 7.51. The van der Waals surface area contributed by atoms with Gasteiger partial charge in [0.05, 0.1) is 5.69 Å². The van der Waals surface area contributed by atoms with E-state index in [-0.39, 0.29) is 23.0 Å². The molecule has 0 radical (unpaired) electrons. The zero-order valence-corrected chi connectivity index (χ0v) is 42.4. The van der Waals surface area contributed by atoms with Crippen LogP contribution in [0.15, 0.2) is 205 Å². The Balaban J connectivity index is 1.16. The highest BCUT2D eigenvalue weighted by Crippen LogP contribution is 2.49. The van der Waals surface area contributed by atoms with Gasteiger partial charge in [0.2, 0.25) is 0 Å². The van der Waals surface area contributed by atoms with Crippen LogP contribution >= 0.6 is 0 Å². The summed E-state index contributed by atoms with van der Waals surface area (Å²) < 4.78 is 6.58. The molecule has 9 aromatic carbocycles. The van der Waals surface area contributed by atoms with Gasteiger partial charge in [-0.15, -0.1) is 0 Å². The van der Waals surface area contributed by atoms with Crippen LogP contribution < -0.4 is 31.1 Å². The van der Waals surface area contributed by atoms with Crippen molar-refractivity contribution >= 4 is 96.2 Å². The number of nitrogens with zero attached hydrogens (tertiary/aromatic N) is 3. The van der Waals surface area contributed by atoms with E-state index in [1.165, 1.54) is 50.1 Å². The van der Waals surface area contributed by atoms with Crippen molar-refractivity contribution in [2.24, 2.45) is 0 Å². The Bertz CT molecular complexity index is 3610. The fourth-order valence-corrected chi connectivity index (χ4v) is 11.1. The summed E-state index contributed by atoms with van der Waals surface area (Å²) >= 11 is 0. The van der Waals surface area contributed by atoms with E-state index in [0.717, 1.165) is 67.2 Å². The maximum absolute atomic E-state index is 6.58. The molecular weight excluding hydrogens is 862 g/mol. The van der Waals surface area contributed by atoms with E-state index in [2.05, 4.69) is 271 Å². The third-order valence-corrected chi connectivity index (χ3v) is 14.9. The molecule has 71 heavy (non-hydrogen) atoms. The minimum Gasteiger partial charge on any atom is -0.455 e. The van der Waals surface area contributed by atoms with Crippen LogP contribution in [0.25, 0.3) is 33.1 Å². The molecule has 1 aromatic heterocycles. The molecule has 2 aliphatic rings. The zero-order valence-electron chi connectivity index (χ0n) is 42.4. The van der Waals surface area contributed by atoms with Crippen molar-refractivity contribution in [3.8, 4) is 11.1 Å². The van der Waals surface area contributed by atoms with Gasteiger partial charge >= 0.3 is 0 Å². The number of fused-ring (bicyclic) bond motifs is 7. The highest BCUT2D eigenvalue weighted by atomic mass is 16.3. The second kappa shape index (κ2) is 16.4. The highest BCUT2D eigenvalue weighted by molar-refractivity contribution is 7.00. The second-order valence-corrected chi connectivity index (χ2v) is 22.7. The van der Waals surface area contributed by atoms with E-state index in [4.69, 9.17) is 4.42 Å². The summed E-state index contributed by atoms with van der Waals surface area (Å²) in [5, 5.41) is 2.26. The molecule has 0 unspecified atom stereocenters. The van der Waals surface area contributed by atoms with E-state index >= 15 is 0 Å². The molecule has 4 nitrogen and oxygen atoms in total. The van der Waals surface area contributed by atoms with Crippen LogP contribution in [-0.4, -0.2) is 6.71 Å². The average molecular weight is 922 g/mol. The molecule has 0 saturated carbocycles. The van der Waals surface area contributed by atoms with Crippen LogP contribution in [0.2, 0.25) is 0 Å². The SMILES string of the molecule is CC(C)(C)c1ccc(N2c3ccc(C(C)(C)C)cc3B3c4cc(C(C)(C)C)ccc4N(c4ccc(-c5cccc6c5oc5ccccc56)cc4)c4cc(N(c5ccccc5)c5ccccc5)cc2c43)cc1. The molecule has 2 aliphatic heterocycles. The van der Waals surface area contributed by atoms with Crippen LogP contribution in [0.4, 0.5) is 51.2 Å². The van der Waals surface area contributed by atoms with E-state index < -0.39 is 0 Å². The first-order valence-corrected chi connectivity index (χ1v) is 25.2. The van der Waals surface area contributed by atoms with Crippen molar-refractivity contribution in [1.29, 1.82) is 0 Å². The number of furan rings is 1. The molecule has 0 fully saturated rings. The first kappa shape index (κ1) is 44.5. The lowest BCUT2D eigenvalue weighted by Gasteiger charge is -2.45. The van der Waals surface area contributed by atoms with Crippen molar-refractivity contribution < 1.29 is 4.42 Å². The molecule has 12 rings (SSSR count). The van der Waals surface area contributed by atoms with Gasteiger partial charge in [-0.25, -0.2) is 0 Å². The first-order valence-electron chi connectivity index (χ1n) is 25.2. The first-order chi connectivity index (χ1) is 34.1. The van der Waals surface area contributed by atoms with Crippen LogP contribution in [0, 0.1) is 0 Å². The number of benzene rings is 9. The monoisotopic (exact) mass is 921 g/mol. The summed E-state index contributed by atoms with van der Waals surface area (Å²) in [5.74, 6) is 0. The van der Waals surface area contributed by atoms with Gasteiger partial charge in [0.25, 0.3) is 6.71 Å². The molecule has 0 bridgehead atoms. The molecule has 348 valence electrons. The smallest absolute Gasteiger partial charge is 0.252 e. The Morgan fingerprint density at radius 3 is 1.38 bits per heavy atom. The fraction of sp³-hybridized carbons (Fsp3) is 0.182. The Labute approximate surface area is 419 Å². The number of anilines is 9. The van der Waals surface area contributed by atoms with Crippen molar-refractivity contribution in [1.82, 2.24) is 0 Å². The summed E-state index contributed by atoms with van der Waals surface area (Å²) in [5.41, 5.74) is 22.0. The quantitative estimate of drug-likeness (QED) is 0.155. The van der Waals surface area contributed by atoms with Gasteiger partial charge in [-0.3, -0.25) is 0 Å². The lowest BCUT2D eigenvalue weighted by Crippen LogP contribution is -2.61. The Morgan fingerprint density at radius 1 is 0.394 bits per heavy atom. The predicted molar refractivity (Wildman–Crippen MR) is 304 cm³/mol. The van der Waals surface area contributed by atoms with Gasteiger partial charge < -0.3 is 19.1 Å². The van der Waals surface area contributed by atoms with Crippen molar-refractivity contribution in [2.75, 3.05) is 14.7 Å². The molecule has 0 amide bonds. The Morgan fingerprint density at radius 2 is 0.859 bits per heavy atom. The standard InChI is InChI=1S/C66H60BN3O/c1-64(2,3)44-29-35-50(36-30-44)70-58-38-32-46(66(7,8)9)40-56(58)67-55-39-45(65(4,5)6)31-37-57(55)69(49-33-27-43(28-34-49)52-24-18-25-54-53-23-16-17-26-61(53)71-63(52)54)59-41-51(42-60(70)62(59)67)68(47-19-12-10-13-20-47)48-21-14-11-15-22-48/h10-42H,1-9H3. The Hall–Kier alpha value is -7.76. The molecule has 10 aromatic rings. The summed E-state index contributed by atoms with van der Waals surface area (Å²) in [6.07, 6.45) is 0. The Kier molecular flexibility index (Phi) is 10.3. The average Bonchev–Trinajstić information content (AvgIpc) is 3.75. The number of hydrogen-bond donors (Lipinski definition) is 0. The minimum absolute atomic E-state index is 0.0130. The summed E-state index contributed by atoms with van der Waals surface area (Å²) in [6, 6.07) is 74.4.